The Morgan fingerprint density at radius 2 is 1.14 bits per heavy atom. The van der Waals surface area contributed by atoms with Crippen LogP contribution in [0.4, 0.5) is 0 Å². The van der Waals surface area contributed by atoms with Crippen molar-refractivity contribution in [3.63, 3.8) is 0 Å². The first-order valence-electron chi connectivity index (χ1n) is 13.9. The van der Waals surface area contributed by atoms with E-state index in [4.69, 9.17) is 23.7 Å². The van der Waals surface area contributed by atoms with Crippen LogP contribution in [0.15, 0.2) is 36.4 Å². The topological polar surface area (TPSA) is 46.2 Å². The van der Waals surface area contributed by atoms with Gasteiger partial charge in [0.05, 0.1) is 24.3 Å². The lowest BCUT2D eigenvalue weighted by Crippen LogP contribution is -2.31. The average Bonchev–Trinajstić information content (AvgIpc) is 2.89. The zero-order valence-corrected chi connectivity index (χ0v) is 22.9. The Balaban J connectivity index is 1.42. The van der Waals surface area contributed by atoms with E-state index in [1.54, 1.807) is 0 Å². The SMILES string of the molecule is CCCCOCC/C=C/c1cc(C)c2c(c1)C1Oc3c(C)cc(/C=C/CCOCCCC)cc3C(O2)O1. The number of rotatable bonds is 14. The van der Waals surface area contributed by atoms with Crippen molar-refractivity contribution in [1.29, 1.82) is 0 Å². The second-order valence-corrected chi connectivity index (χ2v) is 9.86. The van der Waals surface area contributed by atoms with E-state index in [0.29, 0.717) is 0 Å². The molecule has 2 unspecified atom stereocenters. The van der Waals surface area contributed by atoms with Gasteiger partial charge in [-0.2, -0.15) is 0 Å². The van der Waals surface area contributed by atoms with Crippen LogP contribution in [-0.2, 0) is 14.2 Å². The second kappa shape index (κ2) is 13.8. The van der Waals surface area contributed by atoms with Gasteiger partial charge in [0.25, 0.3) is 0 Å². The van der Waals surface area contributed by atoms with Crippen LogP contribution in [0.25, 0.3) is 12.2 Å². The minimum Gasteiger partial charge on any atom is -0.459 e. The van der Waals surface area contributed by atoms with Crippen molar-refractivity contribution in [2.75, 3.05) is 26.4 Å². The summed E-state index contributed by atoms with van der Waals surface area (Å²) in [6.45, 7) is 11.7. The molecule has 2 atom stereocenters. The number of fused-ring (bicyclic) bond motifs is 6. The van der Waals surface area contributed by atoms with E-state index >= 15 is 0 Å². The molecule has 2 aromatic carbocycles. The van der Waals surface area contributed by atoms with Gasteiger partial charge in [-0.1, -0.05) is 51.0 Å². The van der Waals surface area contributed by atoms with Crippen LogP contribution >= 0.6 is 0 Å². The van der Waals surface area contributed by atoms with Crippen LogP contribution < -0.4 is 9.47 Å². The van der Waals surface area contributed by atoms with Crippen LogP contribution in [0.5, 0.6) is 11.5 Å². The molecule has 2 aromatic rings. The molecule has 0 saturated carbocycles. The summed E-state index contributed by atoms with van der Waals surface area (Å²) >= 11 is 0. The van der Waals surface area contributed by atoms with Gasteiger partial charge in [-0.3, -0.25) is 4.74 Å². The zero-order chi connectivity index (χ0) is 26.0. The van der Waals surface area contributed by atoms with E-state index in [1.165, 1.54) is 0 Å². The Kier molecular flexibility index (Phi) is 10.2. The molecule has 2 aliphatic rings. The molecule has 4 rings (SSSR count). The van der Waals surface area contributed by atoms with Gasteiger partial charge in [-0.05, 0) is 86.1 Å². The largest absolute Gasteiger partial charge is 0.459 e. The van der Waals surface area contributed by atoms with Gasteiger partial charge in [0.15, 0.2) is 0 Å². The summed E-state index contributed by atoms with van der Waals surface area (Å²) in [7, 11) is 0. The lowest BCUT2D eigenvalue weighted by molar-refractivity contribution is -0.228. The van der Waals surface area contributed by atoms with Crippen molar-refractivity contribution in [3.8, 4) is 11.5 Å². The highest BCUT2D eigenvalue weighted by Gasteiger charge is 2.39. The van der Waals surface area contributed by atoms with E-state index in [-0.39, 0.29) is 0 Å². The Morgan fingerprint density at radius 3 is 1.57 bits per heavy atom. The summed E-state index contributed by atoms with van der Waals surface area (Å²) in [6, 6.07) is 8.53. The van der Waals surface area contributed by atoms with Crippen LogP contribution in [-0.4, -0.2) is 26.4 Å². The van der Waals surface area contributed by atoms with Gasteiger partial charge >= 0.3 is 0 Å². The fourth-order valence-electron chi connectivity index (χ4n) is 4.62. The van der Waals surface area contributed by atoms with Gasteiger partial charge in [0, 0.05) is 13.2 Å². The maximum atomic E-state index is 6.40. The van der Waals surface area contributed by atoms with Crippen molar-refractivity contribution in [1.82, 2.24) is 0 Å². The highest BCUT2D eigenvalue weighted by molar-refractivity contribution is 5.60. The van der Waals surface area contributed by atoms with E-state index in [9.17, 15) is 0 Å². The number of hydrogen-bond acceptors (Lipinski definition) is 5. The standard InChI is InChI=1S/C32H42O5/c1-5-7-15-33-17-11-9-13-25-19-23(3)29-27(21-25)31-36-30-24(4)20-26(22-28(30)32(35-29)37-31)14-10-12-18-34-16-8-6-2/h9-10,13-14,19-22,31-32H,5-8,11-12,15-18H2,1-4H3/b13-9+,14-10+. The van der Waals surface area contributed by atoms with Crippen molar-refractivity contribution in [3.05, 3.63) is 69.8 Å². The lowest BCUT2D eigenvalue weighted by Gasteiger charge is -2.39. The Hall–Kier alpha value is -2.60. The van der Waals surface area contributed by atoms with Crippen LogP contribution in [0, 0.1) is 13.8 Å². The first-order valence-corrected chi connectivity index (χ1v) is 13.9. The molecule has 2 heterocycles. The molecule has 37 heavy (non-hydrogen) atoms. The average molecular weight is 507 g/mol. The molecule has 0 spiro atoms. The van der Waals surface area contributed by atoms with Crippen molar-refractivity contribution >= 4 is 12.2 Å². The highest BCUT2D eigenvalue weighted by Crippen LogP contribution is 2.50. The van der Waals surface area contributed by atoms with E-state index in [1.807, 2.05) is 0 Å². The number of benzene rings is 2. The van der Waals surface area contributed by atoms with E-state index < -0.39 is 12.6 Å². The minimum absolute atomic E-state index is 0.481. The third-order valence-corrected chi connectivity index (χ3v) is 6.62. The third kappa shape index (κ3) is 7.25. The van der Waals surface area contributed by atoms with Gasteiger partial charge in [0.2, 0.25) is 12.6 Å². The van der Waals surface area contributed by atoms with E-state index in [0.717, 1.165) is 110 Å². The van der Waals surface area contributed by atoms with Crippen molar-refractivity contribution in [2.24, 2.45) is 0 Å². The molecule has 0 aromatic heterocycles. The van der Waals surface area contributed by atoms with Gasteiger partial charge in [-0.15, -0.1) is 0 Å². The van der Waals surface area contributed by atoms with Gasteiger partial charge < -0.3 is 18.9 Å². The predicted molar refractivity (Wildman–Crippen MR) is 149 cm³/mol. The molecule has 5 nitrogen and oxygen atoms in total. The first-order chi connectivity index (χ1) is 18.1. The molecule has 2 bridgehead atoms. The monoisotopic (exact) mass is 506 g/mol. The summed E-state index contributed by atoms with van der Waals surface area (Å²) in [6.07, 6.45) is 14.0. The van der Waals surface area contributed by atoms with Crippen LogP contribution in [0.1, 0.15) is 98.3 Å². The van der Waals surface area contributed by atoms with Crippen LogP contribution in [0.3, 0.4) is 0 Å². The summed E-state index contributed by atoms with van der Waals surface area (Å²) < 4.78 is 30.3. The Labute approximate surface area is 222 Å². The molecule has 0 aliphatic carbocycles. The minimum atomic E-state index is -0.481. The summed E-state index contributed by atoms with van der Waals surface area (Å²) in [4.78, 5) is 0. The molecule has 0 N–H and O–H groups in total. The maximum Gasteiger partial charge on any atom is 0.233 e. The molecule has 0 amide bonds. The Morgan fingerprint density at radius 1 is 0.676 bits per heavy atom. The van der Waals surface area contributed by atoms with Gasteiger partial charge in [0.1, 0.15) is 11.5 Å². The summed E-state index contributed by atoms with van der Waals surface area (Å²) in [5.74, 6) is 1.71. The molecule has 2 aliphatic heterocycles. The quantitative estimate of drug-likeness (QED) is 0.241. The lowest BCUT2D eigenvalue weighted by atomic mass is 9.99. The third-order valence-electron chi connectivity index (χ3n) is 6.62. The molecule has 200 valence electrons. The van der Waals surface area contributed by atoms with Crippen LogP contribution in [0.2, 0.25) is 0 Å². The number of ether oxygens (including phenoxy) is 5. The zero-order valence-electron chi connectivity index (χ0n) is 22.9. The predicted octanol–water partition coefficient (Wildman–Crippen LogP) is 8.24. The first kappa shape index (κ1) is 27.4. The number of hydrogen-bond donors (Lipinski definition) is 0. The number of aryl methyl sites for hydroxylation is 2. The normalized spacial score (nSPS) is 18.1. The molecular formula is C32H42O5. The fraction of sp³-hybridized carbons (Fsp3) is 0.500. The molecule has 5 heteroatoms. The maximum absolute atomic E-state index is 6.40. The fourth-order valence-corrected chi connectivity index (χ4v) is 4.62. The summed E-state index contributed by atoms with van der Waals surface area (Å²) in [5, 5.41) is 0. The van der Waals surface area contributed by atoms with Crippen molar-refractivity contribution < 1.29 is 23.7 Å². The van der Waals surface area contributed by atoms with Crippen molar-refractivity contribution in [2.45, 2.75) is 78.8 Å². The van der Waals surface area contributed by atoms with E-state index in [2.05, 4.69) is 76.3 Å². The smallest absolute Gasteiger partial charge is 0.233 e. The second-order valence-electron chi connectivity index (χ2n) is 9.86. The molecule has 0 saturated heterocycles. The highest BCUT2D eigenvalue weighted by atomic mass is 16.8. The molecular weight excluding hydrogens is 464 g/mol. The molecule has 0 radical (unpaired) electrons. The number of unbranched alkanes of at least 4 members (excludes halogenated alkanes) is 2. The van der Waals surface area contributed by atoms with Gasteiger partial charge in [-0.25, -0.2) is 0 Å². The Bertz CT molecular complexity index is 1000. The molecule has 0 fully saturated rings. The summed E-state index contributed by atoms with van der Waals surface area (Å²) in [5.41, 5.74) is 6.26.